The number of hydrogen-bond acceptors (Lipinski definition) is 3. The van der Waals surface area contributed by atoms with Gasteiger partial charge in [-0.15, -0.1) is 0 Å². The number of nitrogens with zero attached hydrogens (tertiary/aromatic N) is 1. The van der Waals surface area contributed by atoms with Gasteiger partial charge in [-0.1, -0.05) is 30.3 Å². The Morgan fingerprint density at radius 2 is 2.15 bits per heavy atom. The van der Waals surface area contributed by atoms with Crippen molar-refractivity contribution in [2.24, 2.45) is 11.7 Å². The zero-order valence-corrected chi connectivity index (χ0v) is 11.9. The number of hydrogen-bond donors (Lipinski definition) is 2. The standard InChI is InChI=1S/C16H24N2O2/c17-15(11-13-5-2-1-3-6-13)16(20)18-9-4-7-14(12-18)8-10-19/h1-3,5-6,14-15,19H,4,7-12,17H2/t14?,15-/m0/s1. The first kappa shape index (κ1) is 15.0. The second kappa shape index (κ2) is 7.41. The highest BCUT2D eigenvalue weighted by molar-refractivity contribution is 5.82. The van der Waals surface area contributed by atoms with Gasteiger partial charge in [0.05, 0.1) is 6.04 Å². The normalized spacial score (nSPS) is 20.7. The maximum atomic E-state index is 12.4. The highest BCUT2D eigenvalue weighted by atomic mass is 16.3. The molecule has 0 spiro atoms. The molecule has 1 unspecified atom stereocenters. The van der Waals surface area contributed by atoms with E-state index in [1.165, 1.54) is 0 Å². The predicted octanol–water partition coefficient (Wildman–Crippen LogP) is 1.18. The van der Waals surface area contributed by atoms with E-state index in [1.54, 1.807) is 0 Å². The summed E-state index contributed by atoms with van der Waals surface area (Å²) in [5, 5.41) is 9.02. The second-order valence-corrected chi connectivity index (χ2v) is 5.60. The lowest BCUT2D eigenvalue weighted by Crippen LogP contribution is -2.48. The third-order valence-electron chi connectivity index (χ3n) is 3.98. The fourth-order valence-electron chi connectivity index (χ4n) is 2.87. The summed E-state index contributed by atoms with van der Waals surface area (Å²) in [5.74, 6) is 0.457. The Morgan fingerprint density at radius 1 is 1.40 bits per heavy atom. The molecule has 1 saturated heterocycles. The monoisotopic (exact) mass is 276 g/mol. The molecule has 2 atom stereocenters. The molecule has 0 bridgehead atoms. The van der Waals surface area contributed by atoms with Crippen LogP contribution < -0.4 is 5.73 Å². The summed E-state index contributed by atoms with van der Waals surface area (Å²) >= 11 is 0. The molecule has 4 heteroatoms. The highest BCUT2D eigenvalue weighted by Gasteiger charge is 2.26. The third-order valence-corrected chi connectivity index (χ3v) is 3.98. The average molecular weight is 276 g/mol. The lowest BCUT2D eigenvalue weighted by atomic mass is 9.94. The number of likely N-dealkylation sites (tertiary alicyclic amines) is 1. The van der Waals surface area contributed by atoms with E-state index in [4.69, 9.17) is 10.8 Å². The van der Waals surface area contributed by atoms with Crippen molar-refractivity contribution in [1.29, 1.82) is 0 Å². The first-order valence-electron chi connectivity index (χ1n) is 7.40. The van der Waals surface area contributed by atoms with Crippen LogP contribution in [0, 0.1) is 5.92 Å². The van der Waals surface area contributed by atoms with E-state index in [2.05, 4.69) is 0 Å². The van der Waals surface area contributed by atoms with E-state index in [0.29, 0.717) is 12.3 Å². The smallest absolute Gasteiger partial charge is 0.239 e. The lowest BCUT2D eigenvalue weighted by molar-refractivity contribution is -0.134. The zero-order chi connectivity index (χ0) is 14.4. The number of rotatable bonds is 5. The van der Waals surface area contributed by atoms with Gasteiger partial charge in [-0.2, -0.15) is 0 Å². The average Bonchev–Trinajstić information content (AvgIpc) is 2.48. The van der Waals surface area contributed by atoms with Gasteiger partial charge in [0.25, 0.3) is 0 Å². The van der Waals surface area contributed by atoms with Crippen LogP contribution >= 0.6 is 0 Å². The number of amides is 1. The maximum Gasteiger partial charge on any atom is 0.239 e. The minimum absolute atomic E-state index is 0.0384. The molecule has 4 nitrogen and oxygen atoms in total. The summed E-state index contributed by atoms with van der Waals surface area (Å²) in [4.78, 5) is 14.3. The Balaban J connectivity index is 1.89. The lowest BCUT2D eigenvalue weighted by Gasteiger charge is -2.34. The number of carbonyl (C=O) groups excluding carboxylic acids is 1. The number of aliphatic hydroxyl groups is 1. The SMILES string of the molecule is N[C@@H](Cc1ccccc1)C(=O)N1CCCC(CCO)C1. The third kappa shape index (κ3) is 4.05. The Labute approximate surface area is 120 Å². The number of nitrogens with two attached hydrogens (primary N) is 1. The van der Waals surface area contributed by atoms with Gasteiger partial charge >= 0.3 is 0 Å². The van der Waals surface area contributed by atoms with Crippen molar-refractivity contribution in [3.8, 4) is 0 Å². The molecule has 1 amide bonds. The molecule has 1 aromatic carbocycles. The van der Waals surface area contributed by atoms with Crippen molar-refractivity contribution in [2.45, 2.75) is 31.7 Å². The van der Waals surface area contributed by atoms with Crippen LogP contribution in [0.25, 0.3) is 0 Å². The largest absolute Gasteiger partial charge is 0.396 e. The van der Waals surface area contributed by atoms with Gasteiger partial charge in [0.2, 0.25) is 5.91 Å². The first-order valence-corrected chi connectivity index (χ1v) is 7.40. The van der Waals surface area contributed by atoms with Crippen molar-refractivity contribution in [1.82, 2.24) is 4.90 Å². The van der Waals surface area contributed by atoms with E-state index >= 15 is 0 Å². The minimum atomic E-state index is -0.467. The molecule has 110 valence electrons. The molecule has 0 aliphatic carbocycles. The molecule has 1 fully saturated rings. The highest BCUT2D eigenvalue weighted by Crippen LogP contribution is 2.20. The Morgan fingerprint density at radius 3 is 2.85 bits per heavy atom. The molecule has 0 radical (unpaired) electrons. The molecule has 0 saturated carbocycles. The van der Waals surface area contributed by atoms with Crippen LogP contribution in [-0.2, 0) is 11.2 Å². The Kier molecular flexibility index (Phi) is 5.56. The van der Waals surface area contributed by atoms with Gasteiger partial charge < -0.3 is 15.7 Å². The van der Waals surface area contributed by atoms with Crippen LogP contribution in [0.3, 0.4) is 0 Å². The van der Waals surface area contributed by atoms with Gasteiger partial charge in [0.1, 0.15) is 0 Å². The van der Waals surface area contributed by atoms with Crippen LogP contribution in [0.4, 0.5) is 0 Å². The molecule has 0 aromatic heterocycles. The van der Waals surface area contributed by atoms with Crippen LogP contribution in [0.15, 0.2) is 30.3 Å². The molecule has 20 heavy (non-hydrogen) atoms. The number of piperidine rings is 1. The molecule has 1 heterocycles. The summed E-state index contributed by atoms with van der Waals surface area (Å²) in [6, 6.07) is 9.41. The van der Waals surface area contributed by atoms with Crippen LogP contribution in [0.2, 0.25) is 0 Å². The van der Waals surface area contributed by atoms with E-state index < -0.39 is 6.04 Å². The molecule has 3 N–H and O–H groups in total. The van der Waals surface area contributed by atoms with Crippen molar-refractivity contribution >= 4 is 5.91 Å². The van der Waals surface area contributed by atoms with Gasteiger partial charge in [-0.25, -0.2) is 0 Å². The predicted molar refractivity (Wildman–Crippen MR) is 79.1 cm³/mol. The zero-order valence-electron chi connectivity index (χ0n) is 11.9. The molecule has 1 aromatic rings. The summed E-state index contributed by atoms with van der Waals surface area (Å²) in [6.07, 6.45) is 3.46. The van der Waals surface area contributed by atoms with Crippen LogP contribution in [0.5, 0.6) is 0 Å². The Bertz CT molecular complexity index is 420. The number of aliphatic hydroxyl groups excluding tert-OH is 1. The topological polar surface area (TPSA) is 66.6 Å². The van der Waals surface area contributed by atoms with Crippen molar-refractivity contribution in [2.75, 3.05) is 19.7 Å². The summed E-state index contributed by atoms with van der Waals surface area (Å²) in [6.45, 7) is 1.73. The van der Waals surface area contributed by atoms with Gasteiger partial charge in [-0.3, -0.25) is 4.79 Å². The van der Waals surface area contributed by atoms with E-state index in [1.807, 2.05) is 35.2 Å². The molecule has 1 aliphatic heterocycles. The van der Waals surface area contributed by atoms with Crippen LogP contribution in [0.1, 0.15) is 24.8 Å². The first-order chi connectivity index (χ1) is 9.70. The van der Waals surface area contributed by atoms with Gasteiger partial charge in [-0.05, 0) is 37.2 Å². The fourth-order valence-corrected chi connectivity index (χ4v) is 2.87. The number of carbonyl (C=O) groups is 1. The summed E-state index contributed by atoms with van der Waals surface area (Å²) in [5.41, 5.74) is 7.15. The maximum absolute atomic E-state index is 12.4. The second-order valence-electron chi connectivity index (χ2n) is 5.60. The summed E-state index contributed by atoms with van der Waals surface area (Å²) in [7, 11) is 0. The molecular formula is C16H24N2O2. The quantitative estimate of drug-likeness (QED) is 0.848. The van der Waals surface area contributed by atoms with Crippen LogP contribution in [-0.4, -0.2) is 41.7 Å². The van der Waals surface area contributed by atoms with E-state index in [-0.39, 0.29) is 12.5 Å². The van der Waals surface area contributed by atoms with Crippen molar-refractivity contribution < 1.29 is 9.90 Å². The van der Waals surface area contributed by atoms with Crippen molar-refractivity contribution in [3.05, 3.63) is 35.9 Å². The fraction of sp³-hybridized carbons (Fsp3) is 0.562. The van der Waals surface area contributed by atoms with Gasteiger partial charge in [0.15, 0.2) is 0 Å². The van der Waals surface area contributed by atoms with E-state index in [9.17, 15) is 4.79 Å². The van der Waals surface area contributed by atoms with Crippen molar-refractivity contribution in [3.63, 3.8) is 0 Å². The van der Waals surface area contributed by atoms with E-state index in [0.717, 1.165) is 37.9 Å². The molecular weight excluding hydrogens is 252 g/mol. The van der Waals surface area contributed by atoms with Gasteiger partial charge in [0, 0.05) is 19.7 Å². The number of benzene rings is 1. The Hall–Kier alpha value is -1.39. The summed E-state index contributed by atoms with van der Waals surface area (Å²) < 4.78 is 0. The molecule has 2 rings (SSSR count). The minimum Gasteiger partial charge on any atom is -0.396 e. The molecule has 1 aliphatic rings.